The average molecular weight is 372 g/mol. The molecular formula is C13H9FN2O8S. The van der Waals surface area contributed by atoms with E-state index in [1.807, 2.05) is 5.32 Å². The van der Waals surface area contributed by atoms with Gasteiger partial charge in [0.1, 0.15) is 16.4 Å². The number of benzene rings is 1. The normalized spacial score (nSPS) is 11.1. The number of carboxylic acids is 1. The number of aromatic nitrogens is 1. The third-order valence-corrected chi connectivity index (χ3v) is 3.83. The van der Waals surface area contributed by atoms with Crippen molar-refractivity contribution in [1.82, 2.24) is 4.98 Å². The molecule has 0 aliphatic carbocycles. The van der Waals surface area contributed by atoms with Crippen LogP contribution >= 0.6 is 0 Å². The summed E-state index contributed by atoms with van der Waals surface area (Å²) in [7, 11) is -4.85. The van der Waals surface area contributed by atoms with E-state index < -0.39 is 61.2 Å². The molecule has 1 aromatic carbocycles. The van der Waals surface area contributed by atoms with E-state index in [1.165, 1.54) is 0 Å². The fourth-order valence-corrected chi connectivity index (χ4v) is 2.43. The van der Waals surface area contributed by atoms with Crippen molar-refractivity contribution in [2.45, 2.75) is 4.90 Å². The van der Waals surface area contributed by atoms with E-state index in [-0.39, 0.29) is 0 Å². The van der Waals surface area contributed by atoms with Crippen LogP contribution in [-0.4, -0.2) is 45.2 Å². The first-order valence-corrected chi connectivity index (χ1v) is 7.68. The molecule has 132 valence electrons. The highest BCUT2D eigenvalue weighted by atomic mass is 32.2. The third-order valence-electron chi connectivity index (χ3n) is 2.95. The van der Waals surface area contributed by atoms with Gasteiger partial charge >= 0.3 is 5.97 Å². The number of nitrogens with one attached hydrogen (secondary N) is 1. The zero-order valence-electron chi connectivity index (χ0n) is 12.0. The number of carbonyl (C=O) groups is 2. The number of hydrogen-bond acceptors (Lipinski definition) is 7. The molecule has 0 fully saturated rings. The molecule has 5 N–H and O–H groups in total. The van der Waals surface area contributed by atoms with Gasteiger partial charge in [-0.1, -0.05) is 0 Å². The van der Waals surface area contributed by atoms with Gasteiger partial charge in [0, 0.05) is 12.1 Å². The van der Waals surface area contributed by atoms with Gasteiger partial charge < -0.3 is 20.6 Å². The second-order valence-corrected chi connectivity index (χ2v) is 6.01. The maximum absolute atomic E-state index is 13.0. The second kappa shape index (κ2) is 6.33. The zero-order valence-corrected chi connectivity index (χ0v) is 12.8. The summed E-state index contributed by atoms with van der Waals surface area (Å²) in [6.45, 7) is 0. The summed E-state index contributed by atoms with van der Waals surface area (Å²) >= 11 is 0. The van der Waals surface area contributed by atoms with E-state index in [0.29, 0.717) is 18.2 Å². The van der Waals surface area contributed by atoms with E-state index in [4.69, 9.17) is 9.66 Å². The van der Waals surface area contributed by atoms with E-state index in [0.717, 1.165) is 6.20 Å². The number of carbonyl (C=O) groups excluding carboxylic acids is 1. The summed E-state index contributed by atoms with van der Waals surface area (Å²) < 4.78 is 43.9. The smallest absolute Gasteiger partial charge is 0.338 e. The Morgan fingerprint density at radius 3 is 2.28 bits per heavy atom. The van der Waals surface area contributed by atoms with Crippen molar-refractivity contribution in [2.75, 3.05) is 5.32 Å². The van der Waals surface area contributed by atoms with E-state index in [2.05, 4.69) is 4.98 Å². The Kier molecular flexibility index (Phi) is 4.58. The Morgan fingerprint density at radius 1 is 1.08 bits per heavy atom. The number of hydrogen-bond donors (Lipinski definition) is 5. The first-order chi connectivity index (χ1) is 11.5. The van der Waals surface area contributed by atoms with Crippen LogP contribution in [0.3, 0.4) is 0 Å². The predicted octanol–water partition coefficient (Wildman–Crippen LogP) is 0.829. The van der Waals surface area contributed by atoms with Crippen LogP contribution < -0.4 is 5.32 Å². The molecule has 0 saturated carbocycles. The Balaban J connectivity index is 2.44. The lowest BCUT2D eigenvalue weighted by Crippen LogP contribution is -2.16. The highest BCUT2D eigenvalue weighted by Gasteiger charge is 2.23. The molecule has 0 atom stereocenters. The lowest BCUT2D eigenvalue weighted by atomic mass is 10.1. The molecule has 0 bridgehead atoms. The van der Waals surface area contributed by atoms with Gasteiger partial charge in [-0.25, -0.2) is 9.78 Å². The maximum Gasteiger partial charge on any atom is 0.338 e. The standard InChI is InChI=1S/C13H9FN2O8S/c14-11-2-5(13(20)21)7(4-15-11)16-12(19)6-1-9(18)10(3-8(6)17)25(22,23)24/h1-4,17-18H,(H,16,19)(H,20,21)(H,22,23,24). The third kappa shape index (κ3) is 3.81. The van der Waals surface area contributed by atoms with Crippen LogP contribution in [0.2, 0.25) is 0 Å². The van der Waals surface area contributed by atoms with Gasteiger partial charge in [-0.05, 0) is 6.07 Å². The molecule has 2 rings (SSSR count). The van der Waals surface area contributed by atoms with Crippen molar-refractivity contribution in [3.8, 4) is 11.5 Å². The topological polar surface area (TPSA) is 174 Å². The minimum absolute atomic E-state index is 0.406. The molecule has 1 aromatic heterocycles. The summed E-state index contributed by atoms with van der Waals surface area (Å²) in [4.78, 5) is 25.3. The summed E-state index contributed by atoms with van der Waals surface area (Å²) in [6.07, 6.45) is 0.722. The zero-order chi connectivity index (χ0) is 18.9. The van der Waals surface area contributed by atoms with Gasteiger partial charge in [0.25, 0.3) is 16.0 Å². The molecule has 0 saturated heterocycles. The molecule has 0 unspecified atom stereocenters. The van der Waals surface area contributed by atoms with Gasteiger partial charge in [-0.3, -0.25) is 9.35 Å². The summed E-state index contributed by atoms with van der Waals surface area (Å²) in [5.41, 5.74) is -1.67. The Hall–Kier alpha value is -3.25. The molecule has 12 heteroatoms. The lowest BCUT2D eigenvalue weighted by Gasteiger charge is -2.10. The number of amides is 1. The van der Waals surface area contributed by atoms with Crippen LogP contribution in [0.5, 0.6) is 11.5 Å². The molecule has 0 aliphatic heterocycles. The fourth-order valence-electron chi connectivity index (χ4n) is 1.84. The number of nitrogens with zero attached hydrogens (tertiary/aromatic N) is 1. The van der Waals surface area contributed by atoms with E-state index in [1.54, 1.807) is 0 Å². The van der Waals surface area contributed by atoms with Crippen LogP contribution in [0.4, 0.5) is 10.1 Å². The van der Waals surface area contributed by atoms with Gasteiger partial charge in [0.15, 0.2) is 0 Å². The number of phenols is 2. The summed E-state index contributed by atoms with van der Waals surface area (Å²) in [6, 6.07) is 1.53. The predicted molar refractivity (Wildman–Crippen MR) is 78.7 cm³/mol. The minimum atomic E-state index is -4.85. The first kappa shape index (κ1) is 18.1. The Labute approximate surface area is 138 Å². The number of carboxylic acid groups (broad SMARTS) is 1. The van der Waals surface area contributed by atoms with E-state index >= 15 is 0 Å². The highest BCUT2D eigenvalue weighted by Crippen LogP contribution is 2.31. The maximum atomic E-state index is 13.0. The quantitative estimate of drug-likeness (QED) is 0.296. The molecule has 2 aromatic rings. The van der Waals surface area contributed by atoms with E-state index in [9.17, 15) is 32.6 Å². The Bertz CT molecular complexity index is 990. The van der Waals surface area contributed by atoms with Crippen LogP contribution in [0.1, 0.15) is 20.7 Å². The van der Waals surface area contributed by atoms with Crippen molar-refractivity contribution in [2.24, 2.45) is 0 Å². The van der Waals surface area contributed by atoms with Gasteiger partial charge in [0.05, 0.1) is 23.0 Å². The number of halogens is 1. The number of rotatable bonds is 4. The number of anilines is 1. The molecule has 10 nitrogen and oxygen atoms in total. The fraction of sp³-hybridized carbons (Fsp3) is 0. The van der Waals surface area contributed by atoms with Crippen molar-refractivity contribution in [3.63, 3.8) is 0 Å². The van der Waals surface area contributed by atoms with Crippen LogP contribution in [0.15, 0.2) is 29.3 Å². The average Bonchev–Trinajstić information content (AvgIpc) is 2.49. The first-order valence-electron chi connectivity index (χ1n) is 6.24. The largest absolute Gasteiger partial charge is 0.507 e. The molecule has 1 heterocycles. The van der Waals surface area contributed by atoms with Gasteiger partial charge in [-0.2, -0.15) is 12.8 Å². The summed E-state index contributed by atoms with van der Waals surface area (Å²) in [5.74, 6) is -5.76. The molecule has 0 aliphatic rings. The number of phenolic OH excluding ortho intramolecular Hbond substituents is 2. The van der Waals surface area contributed by atoms with Crippen molar-refractivity contribution < 1.29 is 42.3 Å². The minimum Gasteiger partial charge on any atom is -0.507 e. The highest BCUT2D eigenvalue weighted by molar-refractivity contribution is 7.86. The van der Waals surface area contributed by atoms with Crippen LogP contribution in [0, 0.1) is 5.95 Å². The van der Waals surface area contributed by atoms with Crippen LogP contribution in [-0.2, 0) is 10.1 Å². The number of pyridine rings is 1. The molecule has 0 radical (unpaired) electrons. The SMILES string of the molecule is O=C(Nc1cnc(F)cc1C(=O)O)c1cc(O)c(S(=O)(=O)O)cc1O. The monoisotopic (exact) mass is 372 g/mol. The summed E-state index contributed by atoms with van der Waals surface area (Å²) in [5, 5.41) is 30.3. The lowest BCUT2D eigenvalue weighted by molar-refractivity contribution is 0.0697. The second-order valence-electron chi connectivity index (χ2n) is 4.62. The number of aromatic carboxylic acids is 1. The van der Waals surface area contributed by atoms with Crippen LogP contribution in [0.25, 0.3) is 0 Å². The van der Waals surface area contributed by atoms with Crippen molar-refractivity contribution >= 4 is 27.7 Å². The number of aromatic hydroxyl groups is 2. The van der Waals surface area contributed by atoms with Gasteiger partial charge in [-0.15, -0.1) is 0 Å². The van der Waals surface area contributed by atoms with Crippen molar-refractivity contribution in [1.29, 1.82) is 0 Å². The Morgan fingerprint density at radius 2 is 1.72 bits per heavy atom. The van der Waals surface area contributed by atoms with Gasteiger partial charge in [0.2, 0.25) is 5.95 Å². The molecule has 25 heavy (non-hydrogen) atoms. The molecule has 1 amide bonds. The molecular weight excluding hydrogens is 363 g/mol. The van der Waals surface area contributed by atoms with Crippen molar-refractivity contribution in [3.05, 3.63) is 41.5 Å². The molecule has 0 spiro atoms.